The first-order valence-electron chi connectivity index (χ1n) is 18.9. The quantitative estimate of drug-likeness (QED) is 0.129. The second kappa shape index (κ2) is 19.8. The maximum atomic E-state index is 12.6. The molecule has 58 heavy (non-hydrogen) atoms. The number of carbonyl (C=O) groups excluding carboxylic acids is 6. The highest BCUT2D eigenvalue weighted by molar-refractivity contribution is 5.79. The second-order valence-electron chi connectivity index (χ2n) is 14.0. The molecule has 20 nitrogen and oxygen atoms in total. The number of nitrogens with zero attached hydrogens (tertiary/aromatic N) is 4. The lowest BCUT2D eigenvalue weighted by Gasteiger charge is -2.32. The van der Waals surface area contributed by atoms with E-state index in [1.165, 1.54) is 37.5 Å². The van der Waals surface area contributed by atoms with Crippen molar-refractivity contribution in [1.29, 1.82) is 10.5 Å². The number of esters is 4. The smallest absolute Gasteiger partial charge is 0.326 e. The van der Waals surface area contributed by atoms with Crippen molar-refractivity contribution in [2.45, 2.75) is 128 Å². The molecule has 0 spiro atoms. The van der Waals surface area contributed by atoms with Gasteiger partial charge in [0.25, 0.3) is 0 Å². The van der Waals surface area contributed by atoms with Gasteiger partial charge in [0.15, 0.2) is 0 Å². The van der Waals surface area contributed by atoms with Crippen molar-refractivity contribution < 1.29 is 61.9 Å². The number of urea groups is 2. The van der Waals surface area contributed by atoms with E-state index in [0.29, 0.717) is 31.4 Å². The van der Waals surface area contributed by atoms with Gasteiger partial charge in [-0.25, -0.2) is 9.59 Å². The van der Waals surface area contributed by atoms with Crippen LogP contribution in [-0.2, 0) is 52.3 Å². The van der Waals surface area contributed by atoms with Crippen LogP contribution >= 0.6 is 0 Å². The van der Waals surface area contributed by atoms with E-state index < -0.39 is 73.0 Å². The summed E-state index contributed by atoms with van der Waals surface area (Å²) < 4.78 is 38.0. The molecule has 0 aromatic heterocycles. The zero-order valence-corrected chi connectivity index (χ0v) is 32.6. The van der Waals surface area contributed by atoms with Gasteiger partial charge in [-0.2, -0.15) is 10.5 Å². The van der Waals surface area contributed by atoms with Gasteiger partial charge in [-0.3, -0.25) is 34.3 Å². The summed E-state index contributed by atoms with van der Waals surface area (Å²) in [5, 5.41) is 26.2. The van der Waals surface area contributed by atoms with E-state index in [1.54, 1.807) is 12.4 Å². The first-order valence-corrected chi connectivity index (χ1v) is 18.9. The number of hydrogen-bond donors (Lipinski definition) is 3. The Kier molecular flexibility index (Phi) is 14.7. The van der Waals surface area contributed by atoms with E-state index in [9.17, 15) is 28.8 Å². The molecule has 0 aliphatic carbocycles. The Morgan fingerprint density at radius 3 is 1.76 bits per heavy atom. The summed E-state index contributed by atoms with van der Waals surface area (Å²) in [5.74, 6) is -1.19. The Bertz CT molecular complexity index is 1700. The maximum absolute atomic E-state index is 12.6. The average Bonchev–Trinajstić information content (AvgIpc) is 3.94. The molecule has 0 bridgehead atoms. The predicted octanol–water partition coefficient (Wildman–Crippen LogP) is 2.45. The van der Waals surface area contributed by atoms with Gasteiger partial charge in [0.1, 0.15) is 56.3 Å². The fourth-order valence-corrected chi connectivity index (χ4v) is 6.90. The van der Waals surface area contributed by atoms with Gasteiger partial charge in [0.2, 0.25) is 6.23 Å². The Morgan fingerprint density at radius 1 is 0.724 bits per heavy atom. The molecule has 6 aliphatic rings. The lowest BCUT2D eigenvalue weighted by molar-refractivity contribution is -0.157. The van der Waals surface area contributed by atoms with Crippen LogP contribution in [0.4, 0.5) is 9.59 Å². The van der Waals surface area contributed by atoms with Crippen molar-refractivity contribution in [3.05, 3.63) is 47.2 Å². The molecule has 0 aromatic carbocycles. The van der Waals surface area contributed by atoms with Crippen LogP contribution in [0.1, 0.15) is 79.1 Å². The molecular weight excluding hydrogens is 762 g/mol. The van der Waals surface area contributed by atoms with Crippen LogP contribution in [-0.4, -0.2) is 108 Å². The van der Waals surface area contributed by atoms with E-state index in [4.69, 9.17) is 43.7 Å². The monoisotopic (exact) mass is 809 g/mol. The van der Waals surface area contributed by atoms with Crippen LogP contribution in [0.25, 0.3) is 0 Å². The number of fused-ring (bicyclic) bond motifs is 2. The first-order chi connectivity index (χ1) is 27.7. The number of ether oxygens (including phenoxy) is 7. The number of hydrogen-bond acceptors (Lipinski definition) is 16. The number of unbranched alkanes of at least 4 members (excludes halogenated alkanes) is 2. The summed E-state index contributed by atoms with van der Waals surface area (Å²) in [5.41, 5.74) is 2.58. The topological polar surface area (TPSA) is 257 Å². The third-order valence-corrected chi connectivity index (χ3v) is 9.44. The highest BCUT2D eigenvalue weighted by Crippen LogP contribution is 2.33. The van der Waals surface area contributed by atoms with E-state index in [-0.39, 0.29) is 38.3 Å². The number of carbonyl (C=O) groups is 6. The summed E-state index contributed by atoms with van der Waals surface area (Å²) in [6.45, 7) is 4.98. The van der Waals surface area contributed by atoms with Crippen LogP contribution in [0.5, 0.6) is 0 Å². The zero-order chi connectivity index (χ0) is 41.9. The lowest BCUT2D eigenvalue weighted by Crippen LogP contribution is -2.54. The minimum absolute atomic E-state index is 0.0665. The van der Waals surface area contributed by atoms with Gasteiger partial charge in [-0.15, -0.1) is 0 Å². The largest absolute Gasteiger partial charge is 0.471 e. The standard InChI is InChI=1S/C19H24N4O6.C19H23N3O7/c1-11(24)27-10-16-15(28-12(2)25)8-17(29-16)23-9-13-7-14(5-3-4-6-20)21-18(13)22-19(23)26;1-11(23)26-10-16-15(27-12(2)24)8-17(29-16)22-9-13-7-14(5-3-4-6-20)28-18(13)21-19(22)25/h7,9,15-18,21H,3-5,8,10H2,1-2H3,(H,22,26);7,9,15-18H,3-5,8,10H2,1-2H3,(H,21,25). The fourth-order valence-electron chi connectivity index (χ4n) is 6.90. The Labute approximate surface area is 334 Å². The van der Waals surface area contributed by atoms with Gasteiger partial charge in [0.05, 0.1) is 17.9 Å². The van der Waals surface area contributed by atoms with E-state index >= 15 is 0 Å². The second-order valence-corrected chi connectivity index (χ2v) is 14.0. The normalized spacial score (nSPS) is 27.8. The van der Waals surface area contributed by atoms with Crippen LogP contribution in [0.2, 0.25) is 0 Å². The van der Waals surface area contributed by atoms with Crippen molar-refractivity contribution in [3.8, 4) is 12.1 Å². The van der Waals surface area contributed by atoms with E-state index in [0.717, 1.165) is 29.7 Å². The molecule has 8 unspecified atom stereocenters. The van der Waals surface area contributed by atoms with E-state index in [2.05, 4.69) is 28.1 Å². The van der Waals surface area contributed by atoms with Crippen LogP contribution in [0.3, 0.4) is 0 Å². The zero-order valence-electron chi connectivity index (χ0n) is 32.6. The summed E-state index contributed by atoms with van der Waals surface area (Å²) >= 11 is 0. The average molecular weight is 810 g/mol. The molecule has 312 valence electrons. The van der Waals surface area contributed by atoms with Gasteiger partial charge >= 0.3 is 35.9 Å². The molecule has 20 heteroatoms. The number of amides is 4. The van der Waals surface area contributed by atoms with Gasteiger partial charge in [-0.1, -0.05) is 0 Å². The molecular formula is C38H47N7O13. The Balaban J connectivity index is 0.000000221. The van der Waals surface area contributed by atoms with Crippen LogP contribution in [0.15, 0.2) is 47.2 Å². The van der Waals surface area contributed by atoms with E-state index in [1.807, 2.05) is 12.2 Å². The SMILES string of the molecule is CC(=O)OCC1OC(N2C=C3C=C(CCCC#N)NC3NC2=O)CC1OC(C)=O.CC(=O)OCC1OC(N2C=C3C=C(CCCC#N)OC3NC2=O)CC1OC(C)=O. The molecule has 0 saturated carbocycles. The van der Waals surface area contributed by atoms with Crippen molar-refractivity contribution >= 4 is 35.9 Å². The molecule has 3 N–H and O–H groups in total. The number of nitriles is 2. The van der Waals surface area contributed by atoms with Crippen molar-refractivity contribution in [2.24, 2.45) is 0 Å². The van der Waals surface area contributed by atoms with Gasteiger partial charge in [-0.05, 0) is 31.4 Å². The van der Waals surface area contributed by atoms with Crippen LogP contribution < -0.4 is 16.0 Å². The minimum atomic E-state index is -0.690. The molecule has 6 heterocycles. The molecule has 8 atom stereocenters. The summed E-state index contributed by atoms with van der Waals surface area (Å²) in [4.78, 5) is 72.9. The highest BCUT2D eigenvalue weighted by atomic mass is 16.6. The lowest BCUT2D eigenvalue weighted by atomic mass is 10.1. The van der Waals surface area contributed by atoms with Gasteiger partial charge < -0.3 is 43.8 Å². The molecule has 0 radical (unpaired) electrons. The predicted molar refractivity (Wildman–Crippen MR) is 195 cm³/mol. The van der Waals surface area contributed by atoms with Crippen molar-refractivity contribution in [2.75, 3.05) is 13.2 Å². The molecule has 6 rings (SSSR count). The van der Waals surface area contributed by atoms with Crippen LogP contribution in [0, 0.1) is 22.7 Å². The summed E-state index contributed by atoms with van der Waals surface area (Å²) in [6, 6.07) is 3.44. The third kappa shape index (κ3) is 11.5. The molecule has 2 fully saturated rings. The van der Waals surface area contributed by atoms with Crippen molar-refractivity contribution in [1.82, 2.24) is 25.8 Å². The molecule has 2 saturated heterocycles. The maximum Gasteiger partial charge on any atom is 0.326 e. The first kappa shape index (κ1) is 43.0. The fraction of sp³-hybridized carbons (Fsp3) is 0.579. The molecule has 4 amide bonds. The minimum Gasteiger partial charge on any atom is -0.471 e. The highest BCUT2D eigenvalue weighted by Gasteiger charge is 2.46. The Hall–Kier alpha value is -6.12. The third-order valence-electron chi connectivity index (χ3n) is 9.44. The molecule has 6 aliphatic heterocycles. The summed E-state index contributed by atoms with van der Waals surface area (Å²) in [7, 11) is 0. The molecule has 0 aromatic rings. The van der Waals surface area contributed by atoms with Gasteiger partial charge in [0, 0.05) is 89.0 Å². The number of allylic oxidation sites excluding steroid dienone is 2. The van der Waals surface area contributed by atoms with Crippen molar-refractivity contribution in [3.63, 3.8) is 0 Å². The summed E-state index contributed by atoms with van der Waals surface area (Å²) in [6.07, 6.45) is 6.44. The number of rotatable bonds is 14. The number of nitrogens with one attached hydrogen (secondary N) is 3. The Morgan fingerprint density at radius 2 is 1.24 bits per heavy atom.